The smallest absolute Gasteiger partial charge is 0.270 e. The molecule has 0 saturated carbocycles. The number of likely N-dealkylation sites (N-methyl/N-ethyl adjacent to an activating group) is 1. The van der Waals surface area contributed by atoms with Crippen LogP contribution in [0.5, 0.6) is 0 Å². The largest absolute Gasteiger partial charge is 0.397 e. The Morgan fingerprint density at radius 1 is 1.63 bits per heavy atom. The van der Waals surface area contributed by atoms with Crippen LogP contribution >= 0.6 is 0 Å². The van der Waals surface area contributed by atoms with Crippen molar-refractivity contribution in [2.75, 3.05) is 33.0 Å². The van der Waals surface area contributed by atoms with Crippen molar-refractivity contribution in [2.24, 2.45) is 0 Å². The van der Waals surface area contributed by atoms with E-state index < -0.39 is 6.10 Å². The summed E-state index contributed by atoms with van der Waals surface area (Å²) in [4.78, 5) is 13.8. The quantitative estimate of drug-likeness (QED) is 0.758. The van der Waals surface area contributed by atoms with Gasteiger partial charge in [0.1, 0.15) is 5.69 Å². The van der Waals surface area contributed by atoms with Gasteiger partial charge < -0.3 is 25.0 Å². The number of methoxy groups -OCH3 is 1. The summed E-state index contributed by atoms with van der Waals surface area (Å²) >= 11 is 0. The van der Waals surface area contributed by atoms with Gasteiger partial charge in [0.05, 0.1) is 18.4 Å². The van der Waals surface area contributed by atoms with E-state index in [-0.39, 0.29) is 19.1 Å². The highest BCUT2D eigenvalue weighted by atomic mass is 16.5. The highest BCUT2D eigenvalue weighted by molar-refractivity contribution is 5.93. The van der Waals surface area contributed by atoms with E-state index in [1.54, 1.807) is 19.3 Å². The van der Waals surface area contributed by atoms with Crippen LogP contribution in [0, 0.1) is 0 Å². The van der Waals surface area contributed by atoms with Gasteiger partial charge in [0.2, 0.25) is 0 Å². The Labute approximate surface area is 113 Å². The molecule has 0 spiro atoms. The fraction of sp³-hybridized carbons (Fsp3) is 0.615. The van der Waals surface area contributed by atoms with Crippen molar-refractivity contribution >= 4 is 11.6 Å². The average molecular weight is 269 g/mol. The number of carbonyl (C=O) groups is 1. The van der Waals surface area contributed by atoms with E-state index >= 15 is 0 Å². The molecule has 0 aliphatic carbocycles. The van der Waals surface area contributed by atoms with Gasteiger partial charge in [-0.3, -0.25) is 4.79 Å². The lowest BCUT2D eigenvalue weighted by atomic mass is 10.3. The number of amides is 1. The first-order valence-electron chi connectivity index (χ1n) is 6.37. The maximum atomic E-state index is 12.3. The molecule has 0 saturated heterocycles. The van der Waals surface area contributed by atoms with E-state index in [1.165, 1.54) is 12.0 Å². The minimum atomic E-state index is -0.689. The molecular formula is C13H23N3O3. The van der Waals surface area contributed by atoms with Crippen LogP contribution in [0.3, 0.4) is 0 Å². The van der Waals surface area contributed by atoms with Crippen molar-refractivity contribution in [2.45, 2.75) is 26.0 Å². The number of aliphatic hydroxyl groups excluding tert-OH is 1. The monoisotopic (exact) mass is 269 g/mol. The minimum Gasteiger partial charge on any atom is -0.397 e. The number of anilines is 1. The number of nitrogens with two attached hydrogens (primary N) is 1. The highest BCUT2D eigenvalue weighted by Gasteiger charge is 2.19. The molecule has 19 heavy (non-hydrogen) atoms. The van der Waals surface area contributed by atoms with Crippen LogP contribution in [-0.2, 0) is 11.3 Å². The third-order valence-corrected chi connectivity index (χ3v) is 2.79. The number of nitrogens with zero attached hydrogens (tertiary/aromatic N) is 2. The van der Waals surface area contributed by atoms with Gasteiger partial charge in [-0.1, -0.05) is 6.92 Å². The third-order valence-electron chi connectivity index (χ3n) is 2.79. The second kappa shape index (κ2) is 7.16. The zero-order valence-electron chi connectivity index (χ0n) is 11.8. The SMILES string of the molecule is CCCn1cc(N)cc1C(=O)N(C)CC(O)COC. The van der Waals surface area contributed by atoms with E-state index in [2.05, 4.69) is 0 Å². The van der Waals surface area contributed by atoms with Crippen LogP contribution in [0.15, 0.2) is 12.3 Å². The Kier molecular flexibility index (Phi) is 5.85. The molecule has 1 aromatic heterocycles. The molecule has 0 aromatic carbocycles. The first kappa shape index (κ1) is 15.5. The molecule has 6 nitrogen and oxygen atoms in total. The van der Waals surface area contributed by atoms with Crippen molar-refractivity contribution in [3.05, 3.63) is 18.0 Å². The molecule has 6 heteroatoms. The summed E-state index contributed by atoms with van der Waals surface area (Å²) in [5.41, 5.74) is 6.86. The van der Waals surface area contributed by atoms with Gasteiger partial charge >= 0.3 is 0 Å². The average Bonchev–Trinajstić information content (AvgIpc) is 2.70. The molecule has 1 amide bonds. The maximum absolute atomic E-state index is 12.3. The van der Waals surface area contributed by atoms with Gasteiger partial charge in [-0.25, -0.2) is 0 Å². The summed E-state index contributed by atoms with van der Waals surface area (Å²) in [7, 11) is 3.17. The Morgan fingerprint density at radius 3 is 2.89 bits per heavy atom. The minimum absolute atomic E-state index is 0.152. The number of nitrogen functional groups attached to an aromatic ring is 1. The molecule has 1 atom stereocenters. The summed E-state index contributed by atoms with van der Waals surface area (Å²) in [6.07, 6.45) is 1.99. The number of hydrogen-bond donors (Lipinski definition) is 2. The molecule has 1 aromatic rings. The van der Waals surface area contributed by atoms with Gasteiger partial charge in [-0.05, 0) is 12.5 Å². The van der Waals surface area contributed by atoms with Gasteiger partial charge in [0.15, 0.2) is 0 Å². The number of aryl methyl sites for hydroxylation is 1. The lowest BCUT2D eigenvalue weighted by Crippen LogP contribution is -2.37. The number of carbonyl (C=O) groups excluding carboxylic acids is 1. The van der Waals surface area contributed by atoms with Crippen LogP contribution in [-0.4, -0.2) is 53.9 Å². The molecule has 1 unspecified atom stereocenters. The van der Waals surface area contributed by atoms with Crippen molar-refractivity contribution < 1.29 is 14.6 Å². The zero-order valence-corrected chi connectivity index (χ0v) is 11.8. The molecule has 1 heterocycles. The molecular weight excluding hydrogens is 246 g/mol. The van der Waals surface area contributed by atoms with Crippen molar-refractivity contribution in [3.63, 3.8) is 0 Å². The number of ether oxygens (including phenoxy) is 1. The van der Waals surface area contributed by atoms with Crippen LogP contribution < -0.4 is 5.73 Å². The van der Waals surface area contributed by atoms with E-state index in [4.69, 9.17) is 10.5 Å². The summed E-state index contributed by atoms with van der Waals surface area (Å²) in [5, 5.41) is 9.64. The zero-order chi connectivity index (χ0) is 14.4. The Hall–Kier alpha value is -1.53. The van der Waals surface area contributed by atoms with Crippen LogP contribution in [0.25, 0.3) is 0 Å². The maximum Gasteiger partial charge on any atom is 0.270 e. The summed E-state index contributed by atoms with van der Waals surface area (Å²) < 4.78 is 6.69. The number of aromatic nitrogens is 1. The molecule has 0 bridgehead atoms. The fourth-order valence-electron chi connectivity index (χ4n) is 1.98. The first-order chi connectivity index (χ1) is 8.99. The predicted molar refractivity (Wildman–Crippen MR) is 74.0 cm³/mol. The van der Waals surface area contributed by atoms with Crippen molar-refractivity contribution in [1.29, 1.82) is 0 Å². The number of rotatable bonds is 7. The fourth-order valence-corrected chi connectivity index (χ4v) is 1.98. The third kappa shape index (κ3) is 4.25. The summed E-state index contributed by atoms with van der Waals surface area (Å²) in [6.45, 7) is 3.21. The number of aliphatic hydroxyl groups is 1. The Morgan fingerprint density at radius 2 is 2.32 bits per heavy atom. The van der Waals surface area contributed by atoms with Gasteiger partial charge in [-0.2, -0.15) is 0 Å². The topological polar surface area (TPSA) is 80.7 Å². The standard InChI is InChI=1S/C13H23N3O3/c1-4-5-16-7-10(14)6-12(16)13(18)15(2)8-11(17)9-19-3/h6-7,11,17H,4-5,8-9,14H2,1-3H3. The van der Waals surface area contributed by atoms with Crippen molar-refractivity contribution in [1.82, 2.24) is 9.47 Å². The molecule has 0 aliphatic rings. The van der Waals surface area contributed by atoms with Crippen LogP contribution in [0.2, 0.25) is 0 Å². The van der Waals surface area contributed by atoms with Gasteiger partial charge in [-0.15, -0.1) is 0 Å². The summed E-state index contributed by atoms with van der Waals surface area (Å²) in [6, 6.07) is 1.66. The Bertz CT molecular complexity index is 417. The predicted octanol–water partition coefficient (Wildman–Crippen LogP) is 0.560. The van der Waals surface area contributed by atoms with E-state index in [9.17, 15) is 9.90 Å². The van der Waals surface area contributed by atoms with E-state index in [1.807, 2.05) is 11.5 Å². The Balaban J connectivity index is 2.75. The molecule has 0 fully saturated rings. The molecule has 0 radical (unpaired) electrons. The molecule has 0 aliphatic heterocycles. The molecule has 108 valence electrons. The summed E-state index contributed by atoms with van der Waals surface area (Å²) in [5.74, 6) is -0.152. The second-order valence-corrected chi connectivity index (χ2v) is 4.65. The van der Waals surface area contributed by atoms with E-state index in [0.717, 1.165) is 13.0 Å². The first-order valence-corrected chi connectivity index (χ1v) is 6.37. The number of hydrogen-bond acceptors (Lipinski definition) is 4. The van der Waals surface area contributed by atoms with Crippen molar-refractivity contribution in [3.8, 4) is 0 Å². The highest BCUT2D eigenvalue weighted by Crippen LogP contribution is 2.13. The molecule has 3 N–H and O–H groups in total. The van der Waals surface area contributed by atoms with Gasteiger partial charge in [0.25, 0.3) is 5.91 Å². The normalized spacial score (nSPS) is 12.4. The van der Waals surface area contributed by atoms with Crippen LogP contribution in [0.1, 0.15) is 23.8 Å². The van der Waals surface area contributed by atoms with Crippen LogP contribution in [0.4, 0.5) is 5.69 Å². The lowest BCUT2D eigenvalue weighted by molar-refractivity contribution is 0.0376. The molecule has 1 rings (SSSR count). The van der Waals surface area contributed by atoms with E-state index in [0.29, 0.717) is 11.4 Å². The second-order valence-electron chi connectivity index (χ2n) is 4.65. The van der Waals surface area contributed by atoms with Gasteiger partial charge in [0, 0.05) is 33.4 Å². The lowest BCUT2D eigenvalue weighted by Gasteiger charge is -2.21.